The fourth-order valence-corrected chi connectivity index (χ4v) is 2.77. The summed E-state index contributed by atoms with van der Waals surface area (Å²) in [6.45, 7) is 5.12. The monoisotopic (exact) mass is 380 g/mol. The van der Waals surface area contributed by atoms with Gasteiger partial charge in [-0.25, -0.2) is 0 Å². The van der Waals surface area contributed by atoms with Crippen molar-refractivity contribution in [1.82, 2.24) is 10.2 Å². The van der Waals surface area contributed by atoms with Gasteiger partial charge < -0.3 is 15.0 Å². The first-order valence-corrected chi connectivity index (χ1v) is 8.89. The lowest BCUT2D eigenvalue weighted by Crippen LogP contribution is -2.47. The Balaban J connectivity index is 1.86. The number of benzene rings is 1. The van der Waals surface area contributed by atoms with Crippen LogP contribution in [0.4, 0.5) is 0 Å². The molecule has 0 atom stereocenters. The molecule has 0 unspecified atom stereocenters. The van der Waals surface area contributed by atoms with Crippen molar-refractivity contribution >= 4 is 29.4 Å². The maximum absolute atomic E-state index is 12.4. The predicted octanol–water partition coefficient (Wildman–Crippen LogP) is 2.29. The molecular weight excluding hydrogens is 356 g/mol. The first kappa shape index (κ1) is 20.2. The molecule has 1 aliphatic rings. The molecule has 1 aromatic carbocycles. The van der Waals surface area contributed by atoms with E-state index < -0.39 is 17.3 Å². The van der Waals surface area contributed by atoms with E-state index in [1.54, 1.807) is 24.3 Å². The Hall–Kier alpha value is -2.08. The summed E-state index contributed by atoms with van der Waals surface area (Å²) in [5, 5.41) is 3.38. The number of carbonyl (C=O) groups excluding carboxylic acids is 3. The van der Waals surface area contributed by atoms with Crippen LogP contribution in [-0.2, 0) is 24.5 Å². The number of nitrogens with one attached hydrogen (secondary N) is 1. The van der Waals surface area contributed by atoms with Crippen molar-refractivity contribution in [1.29, 1.82) is 0 Å². The number of amides is 2. The van der Waals surface area contributed by atoms with Crippen molar-refractivity contribution in [3.8, 4) is 0 Å². The summed E-state index contributed by atoms with van der Waals surface area (Å²) in [6.07, 6.45) is 1.37. The predicted molar refractivity (Wildman–Crippen MR) is 98.9 cm³/mol. The van der Waals surface area contributed by atoms with Crippen LogP contribution in [0.1, 0.15) is 39.2 Å². The molecule has 6 nitrogen and oxygen atoms in total. The fourth-order valence-electron chi connectivity index (χ4n) is 2.64. The van der Waals surface area contributed by atoms with Crippen molar-refractivity contribution in [2.24, 2.45) is 0 Å². The first-order chi connectivity index (χ1) is 12.0. The number of carbonyl (C=O) groups is 3. The molecule has 1 aromatic rings. The summed E-state index contributed by atoms with van der Waals surface area (Å²) >= 11 is 5.88. The van der Waals surface area contributed by atoms with E-state index >= 15 is 0 Å². The van der Waals surface area contributed by atoms with E-state index in [2.05, 4.69) is 5.32 Å². The third kappa shape index (κ3) is 5.21. The highest BCUT2D eigenvalue weighted by Gasteiger charge is 2.52. The third-order valence-electron chi connectivity index (χ3n) is 4.19. The Morgan fingerprint density at radius 3 is 2.27 bits per heavy atom. The molecule has 1 saturated carbocycles. The highest BCUT2D eigenvalue weighted by atomic mass is 35.5. The van der Waals surface area contributed by atoms with Gasteiger partial charge in [-0.05, 0) is 51.3 Å². The summed E-state index contributed by atoms with van der Waals surface area (Å²) in [7, 11) is 1.50. The average Bonchev–Trinajstić information content (AvgIpc) is 3.32. The van der Waals surface area contributed by atoms with E-state index in [1.807, 2.05) is 20.8 Å². The van der Waals surface area contributed by atoms with E-state index in [0.29, 0.717) is 17.9 Å². The lowest BCUT2D eigenvalue weighted by atomic mass is 9.96. The summed E-state index contributed by atoms with van der Waals surface area (Å²) in [5.41, 5.74) is -0.200. The molecule has 0 spiro atoms. The standard InChI is InChI=1S/C19H25ClN2O4/c1-18(2,3)21-15(23)11-22(4)16(24)12-26-17(25)19(9-10-19)13-5-7-14(20)8-6-13/h5-8H,9-12H2,1-4H3,(H,21,23). The van der Waals surface area contributed by atoms with E-state index in [-0.39, 0.29) is 24.6 Å². The number of ether oxygens (including phenoxy) is 1. The minimum absolute atomic E-state index is 0.0873. The minimum Gasteiger partial charge on any atom is -0.455 e. The molecule has 0 radical (unpaired) electrons. The van der Waals surface area contributed by atoms with Gasteiger partial charge in [-0.15, -0.1) is 0 Å². The fraction of sp³-hybridized carbons (Fsp3) is 0.526. The first-order valence-electron chi connectivity index (χ1n) is 8.52. The number of nitrogens with zero attached hydrogens (tertiary/aromatic N) is 1. The molecule has 0 aliphatic heterocycles. The third-order valence-corrected chi connectivity index (χ3v) is 4.44. The van der Waals surface area contributed by atoms with E-state index in [9.17, 15) is 14.4 Å². The van der Waals surface area contributed by atoms with Gasteiger partial charge >= 0.3 is 5.97 Å². The second-order valence-electron chi connectivity index (χ2n) is 7.71. The molecule has 7 heteroatoms. The number of likely N-dealkylation sites (N-methyl/N-ethyl adjacent to an activating group) is 1. The zero-order valence-electron chi connectivity index (χ0n) is 15.6. The molecule has 142 valence electrons. The maximum atomic E-state index is 12.4. The Morgan fingerprint density at radius 1 is 1.19 bits per heavy atom. The zero-order chi connectivity index (χ0) is 19.5. The van der Waals surface area contributed by atoms with Crippen molar-refractivity contribution in [3.63, 3.8) is 0 Å². The number of hydrogen-bond acceptors (Lipinski definition) is 4. The van der Waals surface area contributed by atoms with Crippen LogP contribution in [0.5, 0.6) is 0 Å². The van der Waals surface area contributed by atoms with Crippen LogP contribution in [0.25, 0.3) is 0 Å². The molecule has 2 rings (SSSR count). The smallest absolute Gasteiger partial charge is 0.317 e. The van der Waals surface area contributed by atoms with Gasteiger partial charge in [0.2, 0.25) is 5.91 Å². The largest absolute Gasteiger partial charge is 0.455 e. The molecular formula is C19H25ClN2O4. The molecule has 0 saturated heterocycles. The quantitative estimate of drug-likeness (QED) is 0.768. The Morgan fingerprint density at radius 2 is 1.77 bits per heavy atom. The second kappa shape index (κ2) is 7.66. The van der Waals surface area contributed by atoms with Crippen LogP contribution >= 0.6 is 11.6 Å². The zero-order valence-corrected chi connectivity index (χ0v) is 16.4. The van der Waals surface area contributed by atoms with Gasteiger partial charge in [-0.1, -0.05) is 23.7 Å². The highest BCUT2D eigenvalue weighted by molar-refractivity contribution is 6.30. The highest BCUT2D eigenvalue weighted by Crippen LogP contribution is 2.49. The van der Waals surface area contributed by atoms with Crippen molar-refractivity contribution in [3.05, 3.63) is 34.9 Å². The second-order valence-corrected chi connectivity index (χ2v) is 8.15. The molecule has 0 bridgehead atoms. The van der Waals surface area contributed by atoms with Crippen LogP contribution in [0.3, 0.4) is 0 Å². The summed E-state index contributed by atoms with van der Waals surface area (Å²) in [4.78, 5) is 37.7. The lowest BCUT2D eigenvalue weighted by molar-refractivity contribution is -0.154. The van der Waals surface area contributed by atoms with Crippen LogP contribution in [0, 0.1) is 0 Å². The van der Waals surface area contributed by atoms with Crippen molar-refractivity contribution in [2.45, 2.75) is 44.6 Å². The van der Waals surface area contributed by atoms with Gasteiger partial charge in [-0.2, -0.15) is 0 Å². The summed E-state index contributed by atoms with van der Waals surface area (Å²) in [5.74, 6) is -1.10. The van der Waals surface area contributed by atoms with Crippen molar-refractivity contribution < 1.29 is 19.1 Å². The van der Waals surface area contributed by atoms with E-state index in [0.717, 1.165) is 5.56 Å². The summed E-state index contributed by atoms with van der Waals surface area (Å²) < 4.78 is 5.22. The van der Waals surface area contributed by atoms with Gasteiger partial charge in [0.05, 0.1) is 12.0 Å². The van der Waals surface area contributed by atoms with Gasteiger partial charge in [0.25, 0.3) is 5.91 Å². The Bertz CT molecular complexity index is 690. The molecule has 1 N–H and O–H groups in total. The van der Waals surface area contributed by atoms with Crippen LogP contribution < -0.4 is 5.32 Å². The number of halogens is 1. The summed E-state index contributed by atoms with van der Waals surface area (Å²) in [6, 6.07) is 7.08. The molecule has 2 amide bonds. The van der Waals surface area contributed by atoms with Gasteiger partial charge in [-0.3, -0.25) is 14.4 Å². The molecule has 0 aromatic heterocycles. The van der Waals surface area contributed by atoms with Crippen LogP contribution in [0.15, 0.2) is 24.3 Å². The van der Waals surface area contributed by atoms with Crippen LogP contribution in [0.2, 0.25) is 5.02 Å². The maximum Gasteiger partial charge on any atom is 0.317 e. The molecule has 1 fully saturated rings. The minimum atomic E-state index is -0.674. The normalized spacial score (nSPS) is 15.1. The average molecular weight is 381 g/mol. The SMILES string of the molecule is CN(CC(=O)NC(C)(C)C)C(=O)COC(=O)C1(c2ccc(Cl)cc2)CC1. The number of rotatable bonds is 6. The van der Waals surface area contributed by atoms with E-state index in [4.69, 9.17) is 16.3 Å². The van der Waals surface area contributed by atoms with Crippen LogP contribution in [-0.4, -0.2) is 48.4 Å². The number of hydrogen-bond donors (Lipinski definition) is 1. The van der Waals surface area contributed by atoms with Gasteiger partial charge in [0.15, 0.2) is 6.61 Å². The topological polar surface area (TPSA) is 75.7 Å². The van der Waals surface area contributed by atoms with E-state index in [1.165, 1.54) is 11.9 Å². The van der Waals surface area contributed by atoms with Gasteiger partial charge in [0.1, 0.15) is 0 Å². The lowest BCUT2D eigenvalue weighted by Gasteiger charge is -2.23. The molecule has 1 aliphatic carbocycles. The Labute approximate surface area is 158 Å². The Kier molecular flexibility index (Phi) is 5.96. The van der Waals surface area contributed by atoms with Gasteiger partial charge in [0, 0.05) is 17.6 Å². The number of esters is 1. The van der Waals surface area contributed by atoms with Crippen molar-refractivity contribution in [2.75, 3.05) is 20.2 Å². The molecule has 0 heterocycles. The molecule has 26 heavy (non-hydrogen) atoms.